The number of H-pyrrole nitrogens is 1. The SMILES string of the molecule is COc1cc(C)c(-c2nc(N)[nH]c2C(=O)O)cc1C. The fourth-order valence-corrected chi connectivity index (χ4v) is 2.01. The minimum Gasteiger partial charge on any atom is -0.496 e. The highest BCUT2D eigenvalue weighted by Crippen LogP contribution is 2.31. The second kappa shape index (κ2) is 4.64. The molecule has 0 amide bonds. The number of hydrogen-bond acceptors (Lipinski definition) is 4. The van der Waals surface area contributed by atoms with Gasteiger partial charge in [-0.25, -0.2) is 9.78 Å². The molecule has 0 aliphatic carbocycles. The van der Waals surface area contributed by atoms with E-state index in [1.54, 1.807) is 7.11 Å². The van der Waals surface area contributed by atoms with Crippen molar-refractivity contribution in [3.05, 3.63) is 29.0 Å². The Bertz CT molecular complexity index is 647. The number of carboxylic acids is 1. The first kappa shape index (κ1) is 12.9. The first-order chi connectivity index (χ1) is 8.93. The molecule has 0 aliphatic heterocycles. The normalized spacial score (nSPS) is 10.5. The molecule has 0 saturated carbocycles. The molecule has 0 unspecified atom stereocenters. The van der Waals surface area contributed by atoms with E-state index in [9.17, 15) is 4.79 Å². The van der Waals surface area contributed by atoms with Crippen LogP contribution in [0.25, 0.3) is 11.3 Å². The number of rotatable bonds is 3. The van der Waals surface area contributed by atoms with Crippen molar-refractivity contribution in [3.63, 3.8) is 0 Å². The van der Waals surface area contributed by atoms with Crippen LogP contribution in [0.4, 0.5) is 5.95 Å². The maximum absolute atomic E-state index is 11.2. The van der Waals surface area contributed by atoms with Gasteiger partial charge in [-0.05, 0) is 37.1 Å². The lowest BCUT2D eigenvalue weighted by Crippen LogP contribution is -2.00. The summed E-state index contributed by atoms with van der Waals surface area (Å²) in [5.41, 5.74) is 8.38. The molecule has 6 heteroatoms. The van der Waals surface area contributed by atoms with Gasteiger partial charge in [0.2, 0.25) is 0 Å². The number of nitrogens with one attached hydrogen (secondary N) is 1. The number of nitrogens with two attached hydrogens (primary N) is 1. The fourth-order valence-electron chi connectivity index (χ4n) is 2.01. The van der Waals surface area contributed by atoms with E-state index in [4.69, 9.17) is 15.6 Å². The molecule has 6 nitrogen and oxygen atoms in total. The van der Waals surface area contributed by atoms with Gasteiger partial charge in [0.1, 0.15) is 11.4 Å². The molecule has 2 aromatic rings. The topological polar surface area (TPSA) is 101 Å². The Kier molecular flexibility index (Phi) is 3.16. The number of aryl methyl sites for hydroxylation is 2. The summed E-state index contributed by atoms with van der Waals surface area (Å²) in [5, 5.41) is 9.15. The van der Waals surface area contributed by atoms with E-state index in [0.717, 1.165) is 22.4 Å². The van der Waals surface area contributed by atoms with Gasteiger partial charge >= 0.3 is 5.97 Å². The smallest absolute Gasteiger partial charge is 0.354 e. The predicted molar refractivity (Wildman–Crippen MR) is 71.4 cm³/mol. The van der Waals surface area contributed by atoms with Crippen molar-refractivity contribution in [1.29, 1.82) is 0 Å². The number of nitrogens with zero attached hydrogens (tertiary/aromatic N) is 1. The fraction of sp³-hybridized carbons (Fsp3) is 0.231. The van der Waals surface area contributed by atoms with Gasteiger partial charge in [-0.2, -0.15) is 0 Å². The zero-order chi connectivity index (χ0) is 14.2. The van der Waals surface area contributed by atoms with E-state index in [1.807, 2.05) is 26.0 Å². The van der Waals surface area contributed by atoms with Gasteiger partial charge in [0.15, 0.2) is 11.6 Å². The Morgan fingerprint density at radius 3 is 2.63 bits per heavy atom. The molecular formula is C13H15N3O3. The van der Waals surface area contributed by atoms with Crippen LogP contribution < -0.4 is 10.5 Å². The number of nitrogen functional groups attached to an aromatic ring is 1. The summed E-state index contributed by atoms with van der Waals surface area (Å²) in [6, 6.07) is 3.69. The number of methoxy groups -OCH3 is 1. The van der Waals surface area contributed by atoms with E-state index in [1.165, 1.54) is 0 Å². The standard InChI is InChI=1S/C13H15N3O3/c1-6-5-9(19-3)7(2)4-8(6)10-11(12(17)18)16-13(14)15-10/h4-5H,1-3H3,(H,17,18)(H3,14,15,16). The third-order valence-electron chi connectivity index (χ3n) is 2.93. The van der Waals surface area contributed by atoms with Crippen LogP contribution in [0.5, 0.6) is 5.75 Å². The summed E-state index contributed by atoms with van der Waals surface area (Å²) >= 11 is 0. The van der Waals surface area contributed by atoms with Crippen molar-refractivity contribution in [2.45, 2.75) is 13.8 Å². The highest BCUT2D eigenvalue weighted by molar-refractivity contribution is 5.94. The molecule has 0 aliphatic rings. The van der Waals surface area contributed by atoms with Crippen molar-refractivity contribution in [1.82, 2.24) is 9.97 Å². The lowest BCUT2D eigenvalue weighted by atomic mass is 10.0. The van der Waals surface area contributed by atoms with Crippen LogP contribution in [0, 0.1) is 13.8 Å². The third kappa shape index (κ3) is 2.24. The van der Waals surface area contributed by atoms with Crippen LogP contribution in [0.15, 0.2) is 12.1 Å². The monoisotopic (exact) mass is 261 g/mol. The Morgan fingerprint density at radius 2 is 2.05 bits per heavy atom. The molecule has 0 spiro atoms. The van der Waals surface area contributed by atoms with E-state index in [0.29, 0.717) is 5.69 Å². The summed E-state index contributed by atoms with van der Waals surface area (Å²) in [6.07, 6.45) is 0. The number of imidazole rings is 1. The molecule has 0 saturated heterocycles. The average Bonchev–Trinajstić information content (AvgIpc) is 2.73. The van der Waals surface area contributed by atoms with Gasteiger partial charge in [-0.15, -0.1) is 0 Å². The zero-order valence-electron chi connectivity index (χ0n) is 10.9. The van der Waals surface area contributed by atoms with Crippen LogP contribution >= 0.6 is 0 Å². The average molecular weight is 261 g/mol. The second-order valence-corrected chi connectivity index (χ2v) is 4.29. The number of carbonyl (C=O) groups is 1. The molecule has 4 N–H and O–H groups in total. The minimum absolute atomic E-state index is 0.00910. The number of aromatic amines is 1. The summed E-state index contributed by atoms with van der Waals surface area (Å²) in [5.74, 6) is -0.256. The maximum Gasteiger partial charge on any atom is 0.354 e. The maximum atomic E-state index is 11.2. The molecule has 1 aromatic heterocycles. The lowest BCUT2D eigenvalue weighted by molar-refractivity contribution is 0.0692. The molecule has 0 radical (unpaired) electrons. The van der Waals surface area contributed by atoms with Gasteiger partial charge in [0.05, 0.1) is 7.11 Å². The van der Waals surface area contributed by atoms with Crippen molar-refractivity contribution in [2.75, 3.05) is 12.8 Å². The van der Waals surface area contributed by atoms with Crippen LogP contribution in [0.2, 0.25) is 0 Å². The van der Waals surface area contributed by atoms with Gasteiger partial charge in [-0.3, -0.25) is 0 Å². The first-order valence-corrected chi connectivity index (χ1v) is 5.68. The molecule has 1 aromatic carbocycles. The van der Waals surface area contributed by atoms with E-state index >= 15 is 0 Å². The number of benzene rings is 1. The highest BCUT2D eigenvalue weighted by atomic mass is 16.5. The van der Waals surface area contributed by atoms with Crippen LogP contribution in [0.3, 0.4) is 0 Å². The quantitative estimate of drug-likeness (QED) is 0.784. The molecule has 0 bridgehead atoms. The molecule has 1 heterocycles. The first-order valence-electron chi connectivity index (χ1n) is 5.68. The largest absolute Gasteiger partial charge is 0.496 e. The number of ether oxygens (including phenoxy) is 1. The van der Waals surface area contributed by atoms with Gasteiger partial charge in [-0.1, -0.05) is 0 Å². The Morgan fingerprint density at radius 1 is 1.37 bits per heavy atom. The molecule has 100 valence electrons. The second-order valence-electron chi connectivity index (χ2n) is 4.29. The van der Waals surface area contributed by atoms with E-state index in [2.05, 4.69) is 9.97 Å². The summed E-state index contributed by atoms with van der Waals surface area (Å²) < 4.78 is 5.23. The molecule has 0 atom stereocenters. The molecular weight excluding hydrogens is 246 g/mol. The minimum atomic E-state index is -1.09. The van der Waals surface area contributed by atoms with Gasteiger partial charge in [0, 0.05) is 5.56 Å². The molecule has 0 fully saturated rings. The van der Waals surface area contributed by atoms with E-state index in [-0.39, 0.29) is 11.6 Å². The van der Waals surface area contributed by atoms with Crippen molar-refractivity contribution in [3.8, 4) is 17.0 Å². The van der Waals surface area contributed by atoms with Gasteiger partial charge < -0.3 is 20.6 Å². The summed E-state index contributed by atoms with van der Waals surface area (Å²) in [7, 11) is 1.59. The van der Waals surface area contributed by atoms with E-state index < -0.39 is 5.97 Å². The Labute approximate surface area is 110 Å². The third-order valence-corrected chi connectivity index (χ3v) is 2.93. The number of carboxylic acid groups (broad SMARTS) is 1. The number of aromatic nitrogens is 2. The number of hydrogen-bond donors (Lipinski definition) is 3. The van der Waals surface area contributed by atoms with Crippen LogP contribution in [0.1, 0.15) is 21.6 Å². The number of aromatic carboxylic acids is 1. The molecule has 2 rings (SSSR count). The lowest BCUT2D eigenvalue weighted by Gasteiger charge is -2.10. The Balaban J connectivity index is 2.65. The highest BCUT2D eigenvalue weighted by Gasteiger charge is 2.19. The number of anilines is 1. The van der Waals surface area contributed by atoms with Crippen molar-refractivity contribution in [2.24, 2.45) is 0 Å². The predicted octanol–water partition coefficient (Wildman–Crippen LogP) is 1.98. The zero-order valence-corrected chi connectivity index (χ0v) is 10.9. The van der Waals surface area contributed by atoms with Gasteiger partial charge in [0.25, 0.3) is 0 Å². The summed E-state index contributed by atoms with van der Waals surface area (Å²) in [6.45, 7) is 3.76. The Hall–Kier alpha value is -2.50. The van der Waals surface area contributed by atoms with Crippen molar-refractivity contribution >= 4 is 11.9 Å². The van der Waals surface area contributed by atoms with Crippen molar-refractivity contribution < 1.29 is 14.6 Å². The van der Waals surface area contributed by atoms with Crippen LogP contribution in [-0.2, 0) is 0 Å². The molecule has 19 heavy (non-hydrogen) atoms. The summed E-state index contributed by atoms with van der Waals surface area (Å²) in [4.78, 5) is 17.8. The van der Waals surface area contributed by atoms with Crippen LogP contribution in [-0.4, -0.2) is 28.2 Å².